The molecule has 0 saturated carbocycles. The number of halogens is 1. The van der Waals surface area contributed by atoms with Gasteiger partial charge in [0.25, 0.3) is 5.91 Å². The number of amides is 1. The lowest BCUT2D eigenvalue weighted by Gasteiger charge is -2.21. The molecule has 7 heteroatoms. The zero-order valence-electron chi connectivity index (χ0n) is 14.9. The highest BCUT2D eigenvalue weighted by atomic mass is 19.1. The van der Waals surface area contributed by atoms with Crippen LogP contribution in [-0.4, -0.2) is 45.2 Å². The van der Waals surface area contributed by atoms with Crippen LogP contribution in [0.2, 0.25) is 0 Å². The van der Waals surface area contributed by atoms with Crippen molar-refractivity contribution < 1.29 is 9.18 Å². The van der Waals surface area contributed by atoms with Gasteiger partial charge in [-0.2, -0.15) is 0 Å². The minimum atomic E-state index is -0.398. The van der Waals surface area contributed by atoms with Crippen LogP contribution < -0.4 is 5.73 Å². The van der Waals surface area contributed by atoms with Crippen molar-refractivity contribution in [1.82, 2.24) is 19.7 Å². The monoisotopic (exact) mass is 345 g/mol. The Bertz CT molecular complexity index is 788. The molecule has 134 valence electrons. The molecule has 3 rings (SSSR count). The third-order valence-corrected chi connectivity index (χ3v) is 4.76. The largest absolute Gasteiger partial charge is 0.335 e. The minimum absolute atomic E-state index is 0.00143. The molecule has 1 aliphatic rings. The topological polar surface area (TPSA) is 77.0 Å². The summed E-state index contributed by atoms with van der Waals surface area (Å²) in [6, 6.07) is 6.36. The Morgan fingerprint density at radius 3 is 2.72 bits per heavy atom. The maximum Gasteiger partial charge on any atom is 0.293 e. The highest BCUT2D eigenvalue weighted by molar-refractivity contribution is 5.90. The molecule has 6 nitrogen and oxygen atoms in total. The van der Waals surface area contributed by atoms with Crippen molar-refractivity contribution in [2.75, 3.05) is 19.6 Å². The second-order valence-electron chi connectivity index (χ2n) is 7.30. The first-order chi connectivity index (χ1) is 11.8. The second-order valence-corrected chi connectivity index (χ2v) is 7.30. The van der Waals surface area contributed by atoms with Gasteiger partial charge >= 0.3 is 0 Å². The minimum Gasteiger partial charge on any atom is -0.335 e. The number of nitrogens with zero attached hydrogens (tertiary/aromatic N) is 4. The average molecular weight is 345 g/mol. The molecular formula is C18H24FN5O. The highest BCUT2D eigenvalue weighted by Crippen LogP contribution is 2.29. The van der Waals surface area contributed by atoms with Crippen LogP contribution in [0.25, 0.3) is 5.69 Å². The van der Waals surface area contributed by atoms with Gasteiger partial charge in [0.2, 0.25) is 5.82 Å². The third-order valence-electron chi connectivity index (χ3n) is 4.76. The van der Waals surface area contributed by atoms with Crippen molar-refractivity contribution in [3.63, 3.8) is 0 Å². The van der Waals surface area contributed by atoms with Gasteiger partial charge in [-0.3, -0.25) is 4.79 Å². The lowest BCUT2D eigenvalue weighted by molar-refractivity contribution is 0.0764. The molecule has 1 amide bonds. The fourth-order valence-corrected chi connectivity index (χ4v) is 3.09. The highest BCUT2D eigenvalue weighted by Gasteiger charge is 2.36. The van der Waals surface area contributed by atoms with Gasteiger partial charge in [-0.15, -0.1) is 5.10 Å². The van der Waals surface area contributed by atoms with Crippen LogP contribution in [0.1, 0.15) is 49.6 Å². The Labute approximate surface area is 146 Å². The Morgan fingerprint density at radius 1 is 1.40 bits per heavy atom. The number of carbonyl (C=O) groups is 1. The van der Waals surface area contributed by atoms with Gasteiger partial charge in [-0.1, -0.05) is 32.9 Å². The summed E-state index contributed by atoms with van der Waals surface area (Å²) in [5, 5.41) is 4.32. The molecule has 2 N–H and O–H groups in total. The van der Waals surface area contributed by atoms with Crippen molar-refractivity contribution in [2.45, 2.75) is 33.1 Å². The SMILES string of the molecule is CC(C)c1nc(C(=O)N2CCC(C)(CN)C2)nn1-c1ccccc1F. The van der Waals surface area contributed by atoms with Crippen LogP contribution in [0.4, 0.5) is 4.39 Å². The molecule has 2 heterocycles. The third kappa shape index (κ3) is 3.28. The fraction of sp³-hybridized carbons (Fsp3) is 0.500. The molecule has 0 spiro atoms. The predicted octanol–water partition coefficient (Wildman–Crippen LogP) is 2.34. The van der Waals surface area contributed by atoms with Crippen molar-refractivity contribution in [1.29, 1.82) is 0 Å². The van der Waals surface area contributed by atoms with E-state index < -0.39 is 5.82 Å². The lowest BCUT2D eigenvalue weighted by atomic mass is 9.90. The summed E-state index contributed by atoms with van der Waals surface area (Å²) in [7, 11) is 0. The number of hydrogen-bond acceptors (Lipinski definition) is 4. The van der Waals surface area contributed by atoms with E-state index in [1.807, 2.05) is 13.8 Å². The smallest absolute Gasteiger partial charge is 0.293 e. The van der Waals surface area contributed by atoms with Crippen LogP contribution in [0.3, 0.4) is 0 Å². The number of benzene rings is 1. The van der Waals surface area contributed by atoms with E-state index in [-0.39, 0.29) is 23.1 Å². The molecule has 0 radical (unpaired) electrons. The summed E-state index contributed by atoms with van der Waals surface area (Å²) < 4.78 is 15.6. The summed E-state index contributed by atoms with van der Waals surface area (Å²) in [5.41, 5.74) is 6.05. The molecule has 0 aliphatic carbocycles. The van der Waals surface area contributed by atoms with Gasteiger partial charge in [0.1, 0.15) is 17.3 Å². The normalized spacial score (nSPS) is 20.5. The lowest BCUT2D eigenvalue weighted by Crippen LogP contribution is -2.35. The summed E-state index contributed by atoms with van der Waals surface area (Å²) in [6.07, 6.45) is 0.861. The van der Waals surface area contributed by atoms with Gasteiger partial charge in [-0.25, -0.2) is 14.1 Å². The maximum absolute atomic E-state index is 14.2. The molecule has 1 aliphatic heterocycles. The first kappa shape index (κ1) is 17.5. The predicted molar refractivity (Wildman–Crippen MR) is 93.1 cm³/mol. The molecule has 1 saturated heterocycles. The molecular weight excluding hydrogens is 321 g/mol. The number of para-hydroxylation sites is 1. The first-order valence-corrected chi connectivity index (χ1v) is 8.56. The number of nitrogens with two attached hydrogens (primary N) is 1. The summed E-state index contributed by atoms with van der Waals surface area (Å²) in [5.74, 6) is 0.0448. The molecule has 2 aromatic rings. The van der Waals surface area contributed by atoms with E-state index in [0.717, 1.165) is 6.42 Å². The van der Waals surface area contributed by atoms with Gasteiger partial charge in [0, 0.05) is 19.0 Å². The first-order valence-electron chi connectivity index (χ1n) is 8.56. The summed E-state index contributed by atoms with van der Waals surface area (Å²) >= 11 is 0. The molecule has 1 atom stereocenters. The quantitative estimate of drug-likeness (QED) is 0.923. The van der Waals surface area contributed by atoms with Gasteiger partial charge in [-0.05, 0) is 30.5 Å². The molecule has 0 bridgehead atoms. The van der Waals surface area contributed by atoms with E-state index in [1.165, 1.54) is 10.7 Å². The number of likely N-dealkylation sites (tertiary alicyclic amines) is 1. The standard InChI is InChI=1S/C18H24FN5O/c1-12(2)16-21-15(17(25)23-9-8-18(3,10-20)11-23)22-24(16)14-7-5-4-6-13(14)19/h4-7,12H,8-11,20H2,1-3H3. The van der Waals surface area contributed by atoms with Gasteiger partial charge < -0.3 is 10.6 Å². The zero-order chi connectivity index (χ0) is 18.2. The van der Waals surface area contributed by atoms with Crippen LogP contribution >= 0.6 is 0 Å². The maximum atomic E-state index is 14.2. The Hall–Kier alpha value is -2.28. The van der Waals surface area contributed by atoms with Crippen molar-refractivity contribution in [3.8, 4) is 5.69 Å². The van der Waals surface area contributed by atoms with Crippen LogP contribution in [0.5, 0.6) is 0 Å². The van der Waals surface area contributed by atoms with E-state index in [1.54, 1.807) is 23.1 Å². The fourth-order valence-electron chi connectivity index (χ4n) is 3.09. The van der Waals surface area contributed by atoms with Crippen LogP contribution in [0, 0.1) is 11.2 Å². The Balaban J connectivity index is 1.95. The summed E-state index contributed by atoms with van der Waals surface area (Å²) in [4.78, 5) is 19.0. The van der Waals surface area contributed by atoms with Crippen molar-refractivity contribution in [2.24, 2.45) is 11.1 Å². The molecule has 1 fully saturated rings. The van der Waals surface area contributed by atoms with Crippen LogP contribution in [-0.2, 0) is 0 Å². The molecule has 1 aromatic heterocycles. The Kier molecular flexibility index (Phi) is 4.60. The number of aromatic nitrogens is 3. The van der Waals surface area contributed by atoms with E-state index in [2.05, 4.69) is 17.0 Å². The van der Waals surface area contributed by atoms with Crippen molar-refractivity contribution >= 4 is 5.91 Å². The van der Waals surface area contributed by atoms with Crippen molar-refractivity contribution in [3.05, 3.63) is 41.7 Å². The Morgan fingerprint density at radius 2 is 2.12 bits per heavy atom. The van der Waals surface area contributed by atoms with E-state index >= 15 is 0 Å². The zero-order valence-corrected chi connectivity index (χ0v) is 14.9. The molecule has 1 aromatic carbocycles. The van der Waals surface area contributed by atoms with E-state index in [9.17, 15) is 9.18 Å². The number of carbonyl (C=O) groups excluding carboxylic acids is 1. The van der Waals surface area contributed by atoms with E-state index in [4.69, 9.17) is 5.73 Å². The average Bonchev–Trinajstić information content (AvgIpc) is 3.20. The molecule has 25 heavy (non-hydrogen) atoms. The van der Waals surface area contributed by atoms with Gasteiger partial charge in [0.05, 0.1) is 0 Å². The second kappa shape index (κ2) is 6.55. The summed E-state index contributed by atoms with van der Waals surface area (Å²) in [6.45, 7) is 7.72. The number of hydrogen-bond donors (Lipinski definition) is 1. The van der Waals surface area contributed by atoms with Crippen LogP contribution in [0.15, 0.2) is 24.3 Å². The number of rotatable bonds is 4. The molecule has 1 unspecified atom stereocenters. The van der Waals surface area contributed by atoms with Gasteiger partial charge in [0.15, 0.2) is 0 Å². The van der Waals surface area contributed by atoms with E-state index in [0.29, 0.717) is 31.1 Å².